The van der Waals surface area contributed by atoms with Gasteiger partial charge in [0.15, 0.2) is 0 Å². The molecule has 0 aliphatic rings. The summed E-state index contributed by atoms with van der Waals surface area (Å²) in [6.07, 6.45) is 1.46. The Bertz CT molecular complexity index is 992. The average Bonchev–Trinajstić information content (AvgIpc) is 2.66. The van der Waals surface area contributed by atoms with Crippen molar-refractivity contribution in [1.82, 2.24) is 4.98 Å². The van der Waals surface area contributed by atoms with E-state index in [9.17, 15) is 9.59 Å². The lowest BCUT2D eigenvalue weighted by molar-refractivity contribution is 0.102. The van der Waals surface area contributed by atoms with Crippen LogP contribution < -0.4 is 10.6 Å². The first kappa shape index (κ1) is 18.3. The highest BCUT2D eigenvalue weighted by atomic mass is 16.2. The molecule has 0 aliphatic carbocycles. The topological polar surface area (TPSA) is 71.1 Å². The number of aryl methyl sites for hydroxylation is 3. The third-order valence-electron chi connectivity index (χ3n) is 4.37. The summed E-state index contributed by atoms with van der Waals surface area (Å²) in [5.74, 6) is -0.634. The summed E-state index contributed by atoms with van der Waals surface area (Å²) in [5, 5.41) is 5.75. The fourth-order valence-corrected chi connectivity index (χ4v) is 2.79. The predicted octanol–water partition coefficient (Wildman–Crippen LogP) is 4.51. The van der Waals surface area contributed by atoms with Crippen LogP contribution in [0.15, 0.2) is 60.8 Å². The summed E-state index contributed by atoms with van der Waals surface area (Å²) >= 11 is 0. The number of hydrogen-bond acceptors (Lipinski definition) is 3. The van der Waals surface area contributed by atoms with E-state index in [2.05, 4.69) is 15.6 Å². The lowest BCUT2D eigenvalue weighted by Crippen LogP contribution is -2.18. The molecule has 1 heterocycles. The summed E-state index contributed by atoms with van der Waals surface area (Å²) in [7, 11) is 0. The molecule has 0 bridgehead atoms. The Hall–Kier alpha value is -3.47. The van der Waals surface area contributed by atoms with Gasteiger partial charge in [-0.3, -0.25) is 14.6 Å². The van der Waals surface area contributed by atoms with Gasteiger partial charge in [-0.1, -0.05) is 36.4 Å². The third-order valence-corrected chi connectivity index (χ3v) is 4.37. The first-order valence-corrected chi connectivity index (χ1v) is 8.66. The van der Waals surface area contributed by atoms with Crippen LogP contribution in [0.3, 0.4) is 0 Å². The van der Waals surface area contributed by atoms with E-state index in [0.717, 1.165) is 28.1 Å². The van der Waals surface area contributed by atoms with E-state index in [4.69, 9.17) is 0 Å². The van der Waals surface area contributed by atoms with E-state index in [1.807, 2.05) is 63.2 Å². The van der Waals surface area contributed by atoms with Crippen LogP contribution in [0.1, 0.15) is 37.5 Å². The highest BCUT2D eigenvalue weighted by Gasteiger charge is 2.14. The van der Waals surface area contributed by atoms with Gasteiger partial charge in [0, 0.05) is 23.1 Å². The van der Waals surface area contributed by atoms with Crippen molar-refractivity contribution < 1.29 is 9.59 Å². The second-order valence-electron chi connectivity index (χ2n) is 6.42. The van der Waals surface area contributed by atoms with Gasteiger partial charge in [0.2, 0.25) is 0 Å². The number of benzene rings is 2. The third kappa shape index (κ3) is 4.20. The largest absolute Gasteiger partial charge is 0.322 e. The van der Waals surface area contributed by atoms with Crippen molar-refractivity contribution in [3.8, 4) is 0 Å². The number of hydrogen-bond donors (Lipinski definition) is 2. The zero-order chi connectivity index (χ0) is 19.4. The predicted molar refractivity (Wildman–Crippen MR) is 107 cm³/mol. The van der Waals surface area contributed by atoms with Crippen molar-refractivity contribution in [1.29, 1.82) is 0 Å². The smallest absolute Gasteiger partial charge is 0.274 e. The molecule has 27 heavy (non-hydrogen) atoms. The van der Waals surface area contributed by atoms with Crippen molar-refractivity contribution in [2.24, 2.45) is 0 Å². The minimum absolute atomic E-state index is 0.190. The van der Waals surface area contributed by atoms with Gasteiger partial charge in [-0.05, 0) is 55.7 Å². The maximum atomic E-state index is 12.6. The molecule has 0 unspecified atom stereocenters. The Balaban J connectivity index is 1.80. The molecule has 2 aromatic carbocycles. The van der Waals surface area contributed by atoms with Crippen molar-refractivity contribution >= 4 is 23.2 Å². The van der Waals surface area contributed by atoms with Crippen molar-refractivity contribution in [3.05, 3.63) is 88.7 Å². The van der Waals surface area contributed by atoms with Crippen LogP contribution >= 0.6 is 0 Å². The molecular formula is C22H21N3O2. The van der Waals surface area contributed by atoms with Crippen LogP contribution in [0.25, 0.3) is 0 Å². The SMILES string of the molecule is Cc1ccccc1NC(=O)c1ccnc(C(=O)Nc2c(C)cccc2C)c1. The quantitative estimate of drug-likeness (QED) is 0.720. The maximum absolute atomic E-state index is 12.6. The average molecular weight is 359 g/mol. The number of nitrogens with zero attached hydrogens (tertiary/aromatic N) is 1. The van der Waals surface area contributed by atoms with E-state index in [0.29, 0.717) is 5.56 Å². The minimum atomic E-state index is -0.349. The molecule has 0 radical (unpaired) electrons. The Kier molecular flexibility index (Phi) is 5.31. The first-order valence-electron chi connectivity index (χ1n) is 8.66. The number of nitrogens with one attached hydrogen (secondary N) is 2. The Morgan fingerprint density at radius 1 is 0.778 bits per heavy atom. The molecule has 2 amide bonds. The van der Waals surface area contributed by atoms with Crippen LogP contribution in [0.2, 0.25) is 0 Å². The fourth-order valence-electron chi connectivity index (χ4n) is 2.79. The molecule has 0 saturated carbocycles. The number of carbonyl (C=O) groups excluding carboxylic acids is 2. The van der Waals surface area contributed by atoms with Crippen molar-refractivity contribution in [2.75, 3.05) is 10.6 Å². The van der Waals surface area contributed by atoms with E-state index in [-0.39, 0.29) is 17.5 Å². The van der Waals surface area contributed by atoms with Crippen molar-refractivity contribution in [2.45, 2.75) is 20.8 Å². The highest BCUT2D eigenvalue weighted by molar-refractivity contribution is 6.08. The molecule has 3 rings (SSSR count). The highest BCUT2D eigenvalue weighted by Crippen LogP contribution is 2.20. The minimum Gasteiger partial charge on any atom is -0.322 e. The van der Waals surface area contributed by atoms with E-state index < -0.39 is 0 Å². The Morgan fingerprint density at radius 2 is 1.44 bits per heavy atom. The maximum Gasteiger partial charge on any atom is 0.274 e. The van der Waals surface area contributed by atoms with Gasteiger partial charge in [0.25, 0.3) is 11.8 Å². The molecule has 2 N–H and O–H groups in total. The number of rotatable bonds is 4. The lowest BCUT2D eigenvalue weighted by atomic mass is 10.1. The molecule has 0 aliphatic heterocycles. The summed E-state index contributed by atoms with van der Waals surface area (Å²) in [6, 6.07) is 16.4. The van der Waals surface area contributed by atoms with Gasteiger partial charge in [0.1, 0.15) is 5.69 Å². The number of pyridine rings is 1. The van der Waals surface area contributed by atoms with Crippen LogP contribution in [0.4, 0.5) is 11.4 Å². The van der Waals surface area contributed by atoms with Gasteiger partial charge in [-0.15, -0.1) is 0 Å². The molecule has 3 aromatic rings. The van der Waals surface area contributed by atoms with Gasteiger partial charge >= 0.3 is 0 Å². The summed E-state index contributed by atoms with van der Waals surface area (Å²) < 4.78 is 0. The van der Waals surface area contributed by atoms with E-state index in [1.54, 1.807) is 6.07 Å². The number of para-hydroxylation sites is 2. The lowest BCUT2D eigenvalue weighted by Gasteiger charge is -2.12. The second-order valence-corrected chi connectivity index (χ2v) is 6.42. The molecule has 0 saturated heterocycles. The standard InChI is InChI=1S/C22H21N3O2/c1-14-7-4-5-10-18(14)24-21(26)17-11-12-23-19(13-17)22(27)25-20-15(2)8-6-9-16(20)3/h4-13H,1-3H3,(H,24,26)(H,25,27). The van der Waals surface area contributed by atoms with Crippen molar-refractivity contribution in [3.63, 3.8) is 0 Å². The second kappa shape index (κ2) is 7.83. The number of amides is 2. The number of anilines is 2. The molecule has 1 aromatic heterocycles. The molecule has 0 atom stereocenters. The van der Waals surface area contributed by atoms with Crippen LogP contribution in [-0.4, -0.2) is 16.8 Å². The summed E-state index contributed by atoms with van der Waals surface area (Å²) in [5.41, 5.74) is 4.97. The normalized spacial score (nSPS) is 10.3. The molecule has 5 nitrogen and oxygen atoms in total. The van der Waals surface area contributed by atoms with Crippen LogP contribution in [0.5, 0.6) is 0 Å². The number of aromatic nitrogens is 1. The Labute approximate surface area is 158 Å². The Morgan fingerprint density at radius 3 is 2.15 bits per heavy atom. The van der Waals surface area contributed by atoms with Gasteiger partial charge in [0.05, 0.1) is 0 Å². The molecule has 5 heteroatoms. The van der Waals surface area contributed by atoms with Crippen LogP contribution in [0, 0.1) is 20.8 Å². The van der Waals surface area contributed by atoms with Gasteiger partial charge < -0.3 is 10.6 Å². The molecule has 0 fully saturated rings. The zero-order valence-electron chi connectivity index (χ0n) is 15.5. The first-order chi connectivity index (χ1) is 13.0. The van der Waals surface area contributed by atoms with Gasteiger partial charge in [-0.2, -0.15) is 0 Å². The molecule has 136 valence electrons. The summed E-state index contributed by atoms with van der Waals surface area (Å²) in [4.78, 5) is 29.2. The fraction of sp³-hybridized carbons (Fsp3) is 0.136. The monoisotopic (exact) mass is 359 g/mol. The summed E-state index contributed by atoms with van der Waals surface area (Å²) in [6.45, 7) is 5.79. The molecular weight excluding hydrogens is 338 g/mol. The van der Waals surface area contributed by atoms with Gasteiger partial charge in [-0.25, -0.2) is 0 Å². The van der Waals surface area contributed by atoms with E-state index in [1.165, 1.54) is 12.3 Å². The number of carbonyl (C=O) groups is 2. The van der Waals surface area contributed by atoms with E-state index >= 15 is 0 Å². The molecule has 0 spiro atoms. The zero-order valence-corrected chi connectivity index (χ0v) is 15.5. The van der Waals surface area contributed by atoms with Crippen LogP contribution in [-0.2, 0) is 0 Å².